The average Bonchev–Trinajstić information content (AvgIpc) is 2.78. The van der Waals surface area contributed by atoms with Crippen LogP contribution < -0.4 is 10.1 Å². The molecule has 2 aromatic rings. The first-order valence-electron chi connectivity index (χ1n) is 10.7. The molecule has 2 aromatic carbocycles. The van der Waals surface area contributed by atoms with Gasteiger partial charge >= 0.3 is 0 Å². The first-order valence-corrected chi connectivity index (χ1v) is 10.7. The molecule has 5 nitrogen and oxygen atoms in total. The summed E-state index contributed by atoms with van der Waals surface area (Å²) in [6, 6.07) is 13.8. The van der Waals surface area contributed by atoms with Gasteiger partial charge in [-0.1, -0.05) is 32.0 Å². The van der Waals surface area contributed by atoms with E-state index in [4.69, 9.17) is 9.47 Å². The van der Waals surface area contributed by atoms with E-state index in [0.29, 0.717) is 43.9 Å². The van der Waals surface area contributed by atoms with Crippen molar-refractivity contribution in [1.82, 2.24) is 4.90 Å². The van der Waals surface area contributed by atoms with Crippen LogP contribution in [0.25, 0.3) is 0 Å². The molecule has 0 atom stereocenters. The van der Waals surface area contributed by atoms with Crippen molar-refractivity contribution < 1.29 is 18.7 Å². The second-order valence-corrected chi connectivity index (χ2v) is 7.53. The van der Waals surface area contributed by atoms with E-state index in [1.807, 2.05) is 24.3 Å². The Labute approximate surface area is 178 Å². The quantitative estimate of drug-likeness (QED) is 0.667. The predicted octanol–water partition coefficient (Wildman–Crippen LogP) is 4.23. The second-order valence-electron chi connectivity index (χ2n) is 7.53. The summed E-state index contributed by atoms with van der Waals surface area (Å²) in [5.74, 6) is 0.202. The first kappa shape index (κ1) is 22.2. The lowest BCUT2D eigenvalue weighted by atomic mass is 9.73. The molecule has 0 unspecified atom stereocenters. The van der Waals surface area contributed by atoms with Gasteiger partial charge in [0.15, 0.2) is 0 Å². The van der Waals surface area contributed by atoms with Crippen LogP contribution in [0, 0.1) is 5.82 Å². The lowest BCUT2D eigenvalue weighted by Crippen LogP contribution is -2.45. The zero-order valence-corrected chi connectivity index (χ0v) is 17.8. The monoisotopic (exact) mass is 414 g/mol. The van der Waals surface area contributed by atoms with Crippen LogP contribution in [0.3, 0.4) is 0 Å². The number of amides is 1. The Morgan fingerprint density at radius 3 is 2.40 bits per heavy atom. The zero-order chi connectivity index (χ0) is 21.4. The standard InChI is InChI=1S/C24H31FN2O3/c1-3-27(4-2)15-18-30-20-11-9-19(10-12-20)26-23(28)24(13-16-29-17-14-24)21-7-5-6-8-22(21)25/h5-12H,3-4,13-18H2,1-2H3,(H,26,28). The van der Waals surface area contributed by atoms with Crippen molar-refractivity contribution in [3.05, 3.63) is 59.9 Å². The molecule has 1 aliphatic rings. The molecule has 1 aliphatic heterocycles. The van der Waals surface area contributed by atoms with Crippen molar-refractivity contribution >= 4 is 11.6 Å². The van der Waals surface area contributed by atoms with Crippen molar-refractivity contribution in [2.45, 2.75) is 32.1 Å². The van der Waals surface area contributed by atoms with Crippen molar-refractivity contribution in [1.29, 1.82) is 0 Å². The zero-order valence-electron chi connectivity index (χ0n) is 17.8. The molecular weight excluding hydrogens is 383 g/mol. The fraction of sp³-hybridized carbons (Fsp3) is 0.458. The van der Waals surface area contributed by atoms with Crippen LogP contribution in [-0.2, 0) is 14.9 Å². The number of halogens is 1. The maximum absolute atomic E-state index is 14.6. The molecule has 0 aromatic heterocycles. The van der Waals surface area contributed by atoms with Crippen LogP contribution in [0.4, 0.5) is 10.1 Å². The summed E-state index contributed by atoms with van der Waals surface area (Å²) in [5.41, 5.74) is 0.170. The topological polar surface area (TPSA) is 50.8 Å². The highest BCUT2D eigenvalue weighted by molar-refractivity contribution is 5.99. The van der Waals surface area contributed by atoms with Crippen molar-refractivity contribution in [3.8, 4) is 5.75 Å². The largest absolute Gasteiger partial charge is 0.492 e. The number of nitrogens with one attached hydrogen (secondary N) is 1. The lowest BCUT2D eigenvalue weighted by Gasteiger charge is -2.36. The van der Waals surface area contributed by atoms with E-state index in [1.54, 1.807) is 18.2 Å². The Balaban J connectivity index is 1.67. The van der Waals surface area contributed by atoms with Gasteiger partial charge < -0.3 is 19.7 Å². The fourth-order valence-electron chi connectivity index (χ4n) is 3.91. The second kappa shape index (κ2) is 10.5. The van der Waals surface area contributed by atoms with Gasteiger partial charge in [-0.15, -0.1) is 0 Å². The van der Waals surface area contributed by atoms with Crippen LogP contribution in [0.2, 0.25) is 0 Å². The van der Waals surface area contributed by atoms with Gasteiger partial charge in [-0.05, 0) is 56.3 Å². The van der Waals surface area contributed by atoms with Crippen LogP contribution in [0.5, 0.6) is 5.75 Å². The third-order valence-electron chi connectivity index (χ3n) is 5.85. The predicted molar refractivity (Wildman–Crippen MR) is 116 cm³/mol. The molecule has 3 rings (SSSR count). The number of benzene rings is 2. The van der Waals surface area contributed by atoms with Crippen LogP contribution in [0.15, 0.2) is 48.5 Å². The lowest BCUT2D eigenvalue weighted by molar-refractivity contribution is -0.125. The number of nitrogens with zero attached hydrogens (tertiary/aromatic N) is 1. The van der Waals surface area contributed by atoms with Crippen LogP contribution in [0.1, 0.15) is 32.3 Å². The van der Waals surface area contributed by atoms with Gasteiger partial charge in [0.25, 0.3) is 0 Å². The molecule has 1 saturated heterocycles. The Morgan fingerprint density at radius 2 is 1.77 bits per heavy atom. The number of hydrogen-bond donors (Lipinski definition) is 1. The minimum absolute atomic E-state index is 0.203. The number of hydrogen-bond acceptors (Lipinski definition) is 4. The molecule has 0 aliphatic carbocycles. The average molecular weight is 415 g/mol. The Bertz CT molecular complexity index is 815. The van der Waals surface area contributed by atoms with Gasteiger partial charge in [0.1, 0.15) is 18.2 Å². The molecule has 1 amide bonds. The molecule has 6 heteroatoms. The number of carbonyl (C=O) groups excluding carboxylic acids is 1. The molecule has 0 spiro atoms. The van der Waals surface area contributed by atoms with E-state index in [9.17, 15) is 9.18 Å². The van der Waals surface area contributed by atoms with Gasteiger partial charge in [-0.25, -0.2) is 4.39 Å². The summed E-state index contributed by atoms with van der Waals surface area (Å²) < 4.78 is 25.8. The number of likely N-dealkylation sites (N-methyl/N-ethyl adjacent to an activating group) is 1. The van der Waals surface area contributed by atoms with E-state index >= 15 is 0 Å². The molecular formula is C24H31FN2O3. The third kappa shape index (κ3) is 5.18. The van der Waals surface area contributed by atoms with Crippen molar-refractivity contribution in [2.75, 3.05) is 44.8 Å². The minimum Gasteiger partial charge on any atom is -0.492 e. The molecule has 1 fully saturated rings. The SMILES string of the molecule is CCN(CC)CCOc1ccc(NC(=O)C2(c3ccccc3F)CCOCC2)cc1. The molecule has 1 heterocycles. The molecule has 1 N–H and O–H groups in total. The summed E-state index contributed by atoms with van der Waals surface area (Å²) in [5, 5.41) is 2.97. The number of anilines is 1. The Kier molecular flexibility index (Phi) is 7.82. The van der Waals surface area contributed by atoms with E-state index < -0.39 is 5.41 Å². The summed E-state index contributed by atoms with van der Waals surface area (Å²) in [7, 11) is 0. The minimum atomic E-state index is -0.928. The molecule has 0 saturated carbocycles. The molecule has 30 heavy (non-hydrogen) atoms. The summed E-state index contributed by atoms with van der Waals surface area (Å²) in [6.07, 6.45) is 0.901. The van der Waals surface area contributed by atoms with Crippen LogP contribution in [-0.4, -0.2) is 50.3 Å². The third-order valence-corrected chi connectivity index (χ3v) is 5.85. The maximum Gasteiger partial charge on any atom is 0.235 e. The van der Waals surface area contributed by atoms with Gasteiger partial charge in [0.05, 0.1) is 5.41 Å². The molecule has 0 bridgehead atoms. The summed E-state index contributed by atoms with van der Waals surface area (Å²) in [6.45, 7) is 8.62. The van der Waals surface area contributed by atoms with Gasteiger partial charge in [-0.2, -0.15) is 0 Å². The van der Waals surface area contributed by atoms with Crippen molar-refractivity contribution in [3.63, 3.8) is 0 Å². The normalized spacial score (nSPS) is 15.7. The molecule has 0 radical (unpaired) electrons. The first-order chi connectivity index (χ1) is 14.6. The van der Waals surface area contributed by atoms with Gasteiger partial charge in [-0.3, -0.25) is 4.79 Å². The maximum atomic E-state index is 14.6. The Hall–Kier alpha value is -2.44. The number of ether oxygens (including phenoxy) is 2. The molecule has 162 valence electrons. The van der Waals surface area contributed by atoms with E-state index in [2.05, 4.69) is 24.1 Å². The highest BCUT2D eigenvalue weighted by Gasteiger charge is 2.43. The van der Waals surface area contributed by atoms with E-state index in [1.165, 1.54) is 6.07 Å². The van der Waals surface area contributed by atoms with Crippen LogP contribution >= 0.6 is 0 Å². The van der Waals surface area contributed by atoms with E-state index in [-0.39, 0.29) is 11.7 Å². The highest BCUT2D eigenvalue weighted by Crippen LogP contribution is 2.37. The highest BCUT2D eigenvalue weighted by atomic mass is 19.1. The van der Waals surface area contributed by atoms with Crippen molar-refractivity contribution in [2.24, 2.45) is 0 Å². The Morgan fingerprint density at radius 1 is 1.10 bits per heavy atom. The summed E-state index contributed by atoms with van der Waals surface area (Å²) >= 11 is 0. The fourth-order valence-corrected chi connectivity index (χ4v) is 3.91. The van der Waals surface area contributed by atoms with Gasteiger partial charge in [0.2, 0.25) is 5.91 Å². The number of rotatable bonds is 9. The summed E-state index contributed by atoms with van der Waals surface area (Å²) in [4.78, 5) is 15.6. The van der Waals surface area contributed by atoms with E-state index in [0.717, 1.165) is 25.4 Å². The van der Waals surface area contributed by atoms with Gasteiger partial charge in [0, 0.05) is 31.0 Å². The number of carbonyl (C=O) groups is 1. The smallest absolute Gasteiger partial charge is 0.235 e.